The Hall–Kier alpha value is -3.53. The number of non-ortho nitro benzene ring substituents is 1. The highest BCUT2D eigenvalue weighted by molar-refractivity contribution is 5.89. The molecule has 0 unspecified atom stereocenters. The monoisotopic (exact) mass is 375 g/mol. The molecule has 2 rings (SSSR count). The molecule has 10 nitrogen and oxygen atoms in total. The summed E-state index contributed by atoms with van der Waals surface area (Å²) in [5, 5.41) is 24.5. The minimum absolute atomic E-state index is 0.0748. The fourth-order valence-electron chi connectivity index (χ4n) is 2.14. The average Bonchev–Trinajstić information content (AvgIpc) is 2.67. The summed E-state index contributed by atoms with van der Waals surface area (Å²) in [6, 6.07) is 11.9. The minimum atomic E-state index is -0.698. The number of anilines is 1. The lowest BCUT2D eigenvalue weighted by molar-refractivity contribution is -0.393. The van der Waals surface area contributed by atoms with Gasteiger partial charge in [-0.2, -0.15) is 0 Å². The van der Waals surface area contributed by atoms with Gasteiger partial charge in [-0.05, 0) is 18.2 Å². The molecule has 0 atom stereocenters. The molecule has 2 aromatic rings. The van der Waals surface area contributed by atoms with Crippen LogP contribution in [0.1, 0.15) is 10.4 Å². The predicted molar refractivity (Wildman–Crippen MR) is 95.8 cm³/mol. The lowest BCUT2D eigenvalue weighted by Gasteiger charge is -2.08. The van der Waals surface area contributed by atoms with Crippen LogP contribution in [-0.2, 0) is 9.47 Å². The first-order valence-corrected chi connectivity index (χ1v) is 7.95. The highest BCUT2D eigenvalue weighted by Gasteiger charge is 2.18. The quantitative estimate of drug-likeness (QED) is 0.290. The van der Waals surface area contributed by atoms with Crippen molar-refractivity contribution in [2.24, 2.45) is 0 Å². The van der Waals surface area contributed by atoms with Crippen molar-refractivity contribution in [3.05, 3.63) is 74.3 Å². The lowest BCUT2D eigenvalue weighted by atomic mass is 10.2. The van der Waals surface area contributed by atoms with Crippen molar-refractivity contribution < 1.29 is 24.1 Å². The summed E-state index contributed by atoms with van der Waals surface area (Å²) in [6.45, 7) is 0.691. The second-order valence-corrected chi connectivity index (χ2v) is 5.26. The van der Waals surface area contributed by atoms with Crippen molar-refractivity contribution in [1.82, 2.24) is 0 Å². The number of rotatable bonds is 10. The molecule has 0 saturated carbocycles. The third-order valence-corrected chi connectivity index (χ3v) is 3.42. The van der Waals surface area contributed by atoms with E-state index in [1.165, 1.54) is 12.1 Å². The van der Waals surface area contributed by atoms with E-state index in [0.717, 1.165) is 6.07 Å². The van der Waals surface area contributed by atoms with Gasteiger partial charge in [-0.3, -0.25) is 20.2 Å². The number of nitrogens with zero attached hydrogens (tertiary/aromatic N) is 2. The SMILES string of the molecule is O=C(OCCOCCNc1ccc([N+](=O)[O-])cc1[N+](=O)[O-])c1ccccc1. The summed E-state index contributed by atoms with van der Waals surface area (Å²) >= 11 is 0. The molecule has 0 amide bonds. The molecule has 142 valence electrons. The lowest BCUT2D eigenvalue weighted by Crippen LogP contribution is -2.15. The largest absolute Gasteiger partial charge is 0.460 e. The zero-order valence-electron chi connectivity index (χ0n) is 14.2. The third-order valence-electron chi connectivity index (χ3n) is 3.42. The maximum atomic E-state index is 11.7. The Morgan fingerprint density at radius 1 is 0.963 bits per heavy atom. The van der Waals surface area contributed by atoms with Gasteiger partial charge in [0.2, 0.25) is 0 Å². The summed E-state index contributed by atoms with van der Waals surface area (Å²) in [6.07, 6.45) is 0. The smallest absolute Gasteiger partial charge is 0.338 e. The third kappa shape index (κ3) is 6.04. The zero-order valence-corrected chi connectivity index (χ0v) is 14.2. The first kappa shape index (κ1) is 19.8. The van der Waals surface area contributed by atoms with Crippen LogP contribution in [0.5, 0.6) is 0 Å². The summed E-state index contributed by atoms with van der Waals surface area (Å²) in [5.74, 6) is -0.446. The van der Waals surface area contributed by atoms with E-state index in [1.807, 2.05) is 0 Å². The number of hydrogen-bond donors (Lipinski definition) is 1. The summed E-state index contributed by atoms with van der Waals surface area (Å²) in [5.41, 5.74) is -0.140. The van der Waals surface area contributed by atoms with E-state index in [2.05, 4.69) is 5.32 Å². The molecule has 0 bridgehead atoms. The van der Waals surface area contributed by atoms with Gasteiger partial charge in [-0.25, -0.2) is 4.79 Å². The van der Waals surface area contributed by atoms with Crippen LogP contribution in [0.25, 0.3) is 0 Å². The van der Waals surface area contributed by atoms with Crippen molar-refractivity contribution in [1.29, 1.82) is 0 Å². The van der Waals surface area contributed by atoms with Crippen LogP contribution in [0, 0.1) is 20.2 Å². The number of ether oxygens (including phenoxy) is 2. The molecular formula is C17H17N3O7. The van der Waals surface area contributed by atoms with Crippen LogP contribution in [-0.4, -0.2) is 42.2 Å². The molecule has 2 aromatic carbocycles. The summed E-state index contributed by atoms with van der Waals surface area (Å²) < 4.78 is 10.3. The second kappa shape index (κ2) is 9.82. The standard InChI is InChI=1S/C17H17N3O7/c21-17(13-4-2-1-3-5-13)27-11-10-26-9-8-18-15-7-6-14(19(22)23)12-16(15)20(24)25/h1-7,12,18H,8-11H2. The fraction of sp³-hybridized carbons (Fsp3) is 0.235. The zero-order chi connectivity index (χ0) is 19.6. The Kier molecular flexibility index (Phi) is 7.20. The molecule has 0 spiro atoms. The van der Waals surface area contributed by atoms with Crippen molar-refractivity contribution in [3.8, 4) is 0 Å². The minimum Gasteiger partial charge on any atom is -0.460 e. The van der Waals surface area contributed by atoms with Crippen LogP contribution in [0.2, 0.25) is 0 Å². The van der Waals surface area contributed by atoms with Crippen molar-refractivity contribution >= 4 is 23.0 Å². The van der Waals surface area contributed by atoms with E-state index >= 15 is 0 Å². The van der Waals surface area contributed by atoms with E-state index in [4.69, 9.17) is 9.47 Å². The van der Waals surface area contributed by atoms with E-state index in [9.17, 15) is 25.0 Å². The van der Waals surface area contributed by atoms with Crippen molar-refractivity contribution in [3.63, 3.8) is 0 Å². The predicted octanol–water partition coefficient (Wildman–Crippen LogP) is 2.79. The van der Waals surface area contributed by atoms with Gasteiger partial charge in [-0.1, -0.05) is 18.2 Å². The van der Waals surface area contributed by atoms with Gasteiger partial charge in [0.15, 0.2) is 0 Å². The molecule has 0 aromatic heterocycles. The van der Waals surface area contributed by atoms with Gasteiger partial charge >= 0.3 is 5.97 Å². The van der Waals surface area contributed by atoms with Gasteiger partial charge in [0.05, 0.1) is 34.7 Å². The highest BCUT2D eigenvalue weighted by Crippen LogP contribution is 2.28. The molecule has 0 aliphatic rings. The number of nitro groups is 2. The summed E-state index contributed by atoms with van der Waals surface area (Å²) in [4.78, 5) is 32.0. The molecular weight excluding hydrogens is 358 g/mol. The number of carbonyl (C=O) groups excluding carboxylic acids is 1. The van der Waals surface area contributed by atoms with Crippen molar-refractivity contribution in [2.75, 3.05) is 31.7 Å². The molecule has 1 N–H and O–H groups in total. The number of nitrogens with one attached hydrogen (secondary N) is 1. The number of hydrogen-bond acceptors (Lipinski definition) is 8. The van der Waals surface area contributed by atoms with Crippen LogP contribution in [0.15, 0.2) is 48.5 Å². The Bertz CT molecular complexity index is 811. The second-order valence-electron chi connectivity index (χ2n) is 5.26. The Labute approximate surface area is 154 Å². The van der Waals surface area contributed by atoms with Crippen LogP contribution in [0.3, 0.4) is 0 Å². The molecule has 0 fully saturated rings. The normalized spacial score (nSPS) is 10.2. The van der Waals surface area contributed by atoms with Crippen molar-refractivity contribution in [2.45, 2.75) is 0 Å². The van der Waals surface area contributed by atoms with Crippen LogP contribution in [0.4, 0.5) is 17.1 Å². The molecule has 0 aliphatic carbocycles. The van der Waals surface area contributed by atoms with Gasteiger partial charge in [0.1, 0.15) is 12.3 Å². The molecule has 0 heterocycles. The Morgan fingerprint density at radius 3 is 2.37 bits per heavy atom. The molecule has 27 heavy (non-hydrogen) atoms. The van der Waals surface area contributed by atoms with Crippen LogP contribution < -0.4 is 5.32 Å². The average molecular weight is 375 g/mol. The first-order valence-electron chi connectivity index (χ1n) is 7.95. The fourth-order valence-corrected chi connectivity index (χ4v) is 2.14. The number of carbonyl (C=O) groups is 1. The molecule has 10 heteroatoms. The Balaban J connectivity index is 1.70. The van der Waals surface area contributed by atoms with Gasteiger partial charge in [0, 0.05) is 12.6 Å². The maximum Gasteiger partial charge on any atom is 0.338 e. The van der Waals surface area contributed by atoms with Gasteiger partial charge in [0.25, 0.3) is 11.4 Å². The number of benzene rings is 2. The molecule has 0 aliphatic heterocycles. The first-order chi connectivity index (χ1) is 13.0. The molecule has 0 saturated heterocycles. The van der Waals surface area contributed by atoms with Crippen LogP contribution >= 0.6 is 0 Å². The van der Waals surface area contributed by atoms with E-state index < -0.39 is 15.8 Å². The number of esters is 1. The van der Waals surface area contributed by atoms with Gasteiger partial charge < -0.3 is 14.8 Å². The van der Waals surface area contributed by atoms with E-state index in [1.54, 1.807) is 30.3 Å². The number of nitro benzene ring substituents is 2. The van der Waals surface area contributed by atoms with Gasteiger partial charge in [-0.15, -0.1) is 0 Å². The Morgan fingerprint density at radius 2 is 1.70 bits per heavy atom. The summed E-state index contributed by atoms with van der Waals surface area (Å²) in [7, 11) is 0. The highest BCUT2D eigenvalue weighted by atomic mass is 16.6. The topological polar surface area (TPSA) is 134 Å². The molecule has 0 radical (unpaired) electrons. The van der Waals surface area contributed by atoms with E-state index in [-0.39, 0.29) is 43.4 Å². The van der Waals surface area contributed by atoms with E-state index in [0.29, 0.717) is 5.56 Å². The maximum absolute atomic E-state index is 11.7.